The van der Waals surface area contributed by atoms with Crippen molar-refractivity contribution in [3.63, 3.8) is 0 Å². The van der Waals surface area contributed by atoms with Crippen molar-refractivity contribution in [1.82, 2.24) is 5.32 Å². The molecule has 5 nitrogen and oxygen atoms in total. The third-order valence-electron chi connectivity index (χ3n) is 4.12. The first kappa shape index (κ1) is 15.4. The van der Waals surface area contributed by atoms with Crippen LogP contribution in [0.1, 0.15) is 21.5 Å². The summed E-state index contributed by atoms with van der Waals surface area (Å²) < 4.78 is 5.17. The van der Waals surface area contributed by atoms with Crippen LogP contribution in [0.3, 0.4) is 0 Å². The molecule has 1 aliphatic rings. The fourth-order valence-corrected chi connectivity index (χ4v) is 2.78. The predicted octanol–water partition coefficient (Wildman–Crippen LogP) is 2.22. The second-order valence-electron chi connectivity index (χ2n) is 5.64. The van der Waals surface area contributed by atoms with Crippen LogP contribution in [0.25, 0.3) is 0 Å². The van der Waals surface area contributed by atoms with E-state index in [9.17, 15) is 4.79 Å². The molecule has 0 aliphatic carbocycles. The van der Waals surface area contributed by atoms with Gasteiger partial charge in [-0.25, -0.2) is 0 Å². The maximum atomic E-state index is 12.5. The van der Waals surface area contributed by atoms with Crippen molar-refractivity contribution < 1.29 is 9.53 Å². The summed E-state index contributed by atoms with van der Waals surface area (Å²) in [5.74, 6) is 0.493. The van der Waals surface area contributed by atoms with Crippen LogP contribution in [0.2, 0.25) is 0 Å². The number of carbonyl (C=O) groups is 1. The number of fused-ring (bicyclic) bond motifs is 1. The van der Waals surface area contributed by atoms with E-state index in [1.54, 1.807) is 25.3 Å². The van der Waals surface area contributed by atoms with E-state index in [2.05, 4.69) is 10.6 Å². The maximum absolute atomic E-state index is 12.5. The van der Waals surface area contributed by atoms with Crippen LogP contribution in [-0.4, -0.2) is 26.1 Å². The van der Waals surface area contributed by atoms with Crippen molar-refractivity contribution >= 4 is 17.3 Å². The number of nitrogens with two attached hydrogens (primary N) is 1. The van der Waals surface area contributed by atoms with E-state index in [0.717, 1.165) is 25.9 Å². The highest BCUT2D eigenvalue weighted by atomic mass is 16.5. The SMILES string of the molecule is COc1ccc(N)c(NC(=O)c2ccc3c(c2)CCNCC3)c1. The monoisotopic (exact) mass is 311 g/mol. The van der Waals surface area contributed by atoms with Gasteiger partial charge in [-0.15, -0.1) is 0 Å². The maximum Gasteiger partial charge on any atom is 0.255 e. The van der Waals surface area contributed by atoms with Gasteiger partial charge in [-0.2, -0.15) is 0 Å². The van der Waals surface area contributed by atoms with E-state index in [4.69, 9.17) is 10.5 Å². The van der Waals surface area contributed by atoms with Gasteiger partial charge in [0, 0.05) is 11.6 Å². The highest BCUT2D eigenvalue weighted by Gasteiger charge is 2.13. The first-order valence-electron chi connectivity index (χ1n) is 7.75. The number of amides is 1. The summed E-state index contributed by atoms with van der Waals surface area (Å²) in [6.07, 6.45) is 1.94. The number of anilines is 2. The molecule has 1 aliphatic heterocycles. The molecule has 0 fully saturated rings. The van der Waals surface area contributed by atoms with Crippen LogP contribution in [0, 0.1) is 0 Å². The van der Waals surface area contributed by atoms with E-state index in [1.165, 1.54) is 11.1 Å². The Morgan fingerprint density at radius 1 is 1.13 bits per heavy atom. The smallest absolute Gasteiger partial charge is 0.255 e. The number of rotatable bonds is 3. The lowest BCUT2D eigenvalue weighted by Crippen LogP contribution is -2.16. The van der Waals surface area contributed by atoms with Crippen molar-refractivity contribution in [2.75, 3.05) is 31.2 Å². The average Bonchev–Trinajstić information content (AvgIpc) is 2.81. The topological polar surface area (TPSA) is 76.4 Å². The molecule has 0 bridgehead atoms. The number of nitrogen functional groups attached to an aromatic ring is 1. The van der Waals surface area contributed by atoms with Gasteiger partial charge in [-0.3, -0.25) is 4.79 Å². The molecule has 0 aromatic heterocycles. The van der Waals surface area contributed by atoms with Crippen molar-refractivity contribution in [3.8, 4) is 5.75 Å². The molecule has 0 spiro atoms. The van der Waals surface area contributed by atoms with Crippen LogP contribution >= 0.6 is 0 Å². The van der Waals surface area contributed by atoms with Crippen molar-refractivity contribution in [3.05, 3.63) is 53.1 Å². The number of methoxy groups -OCH3 is 1. The normalized spacial score (nSPS) is 13.8. The quantitative estimate of drug-likeness (QED) is 0.760. The van der Waals surface area contributed by atoms with Crippen LogP contribution < -0.4 is 21.1 Å². The second-order valence-corrected chi connectivity index (χ2v) is 5.64. The van der Waals surface area contributed by atoms with Gasteiger partial charge in [0.05, 0.1) is 18.5 Å². The summed E-state index contributed by atoms with van der Waals surface area (Å²) in [4.78, 5) is 12.5. The Bertz CT molecular complexity index is 728. The zero-order valence-electron chi connectivity index (χ0n) is 13.2. The Labute approximate surface area is 135 Å². The zero-order valence-corrected chi connectivity index (χ0v) is 13.2. The van der Waals surface area contributed by atoms with Crippen molar-refractivity contribution in [2.24, 2.45) is 0 Å². The Hall–Kier alpha value is -2.53. The number of hydrogen-bond acceptors (Lipinski definition) is 4. The van der Waals surface area contributed by atoms with Gasteiger partial charge in [0.1, 0.15) is 5.75 Å². The molecule has 0 saturated carbocycles. The first-order chi connectivity index (χ1) is 11.2. The molecule has 0 atom stereocenters. The highest BCUT2D eigenvalue weighted by Crippen LogP contribution is 2.25. The average molecular weight is 311 g/mol. The second kappa shape index (κ2) is 6.71. The Morgan fingerprint density at radius 2 is 1.91 bits per heavy atom. The van der Waals surface area contributed by atoms with Crippen LogP contribution in [0.4, 0.5) is 11.4 Å². The van der Waals surface area contributed by atoms with E-state index >= 15 is 0 Å². The van der Waals surface area contributed by atoms with Gasteiger partial charge < -0.3 is 21.1 Å². The van der Waals surface area contributed by atoms with E-state index < -0.39 is 0 Å². The minimum Gasteiger partial charge on any atom is -0.497 e. The standard InChI is InChI=1S/C18H21N3O2/c1-23-15-4-5-16(19)17(11-15)21-18(22)14-3-2-12-6-8-20-9-7-13(12)10-14/h2-5,10-11,20H,6-9,19H2,1H3,(H,21,22). The fourth-order valence-electron chi connectivity index (χ4n) is 2.78. The van der Waals surface area contributed by atoms with Gasteiger partial charge in [-0.05, 0) is 61.3 Å². The molecule has 3 rings (SSSR count). The Morgan fingerprint density at radius 3 is 2.70 bits per heavy atom. The van der Waals surface area contributed by atoms with Gasteiger partial charge >= 0.3 is 0 Å². The number of nitrogens with one attached hydrogen (secondary N) is 2. The predicted molar refractivity (Wildman–Crippen MR) is 92.1 cm³/mol. The fraction of sp³-hybridized carbons (Fsp3) is 0.278. The minimum atomic E-state index is -0.162. The number of carbonyl (C=O) groups excluding carboxylic acids is 1. The van der Waals surface area contributed by atoms with Crippen LogP contribution in [-0.2, 0) is 12.8 Å². The largest absolute Gasteiger partial charge is 0.497 e. The van der Waals surface area contributed by atoms with Gasteiger partial charge in [0.25, 0.3) is 5.91 Å². The van der Waals surface area contributed by atoms with E-state index in [1.807, 2.05) is 18.2 Å². The zero-order chi connectivity index (χ0) is 16.2. The molecule has 2 aromatic rings. The van der Waals surface area contributed by atoms with E-state index in [0.29, 0.717) is 22.7 Å². The summed E-state index contributed by atoms with van der Waals surface area (Å²) >= 11 is 0. The van der Waals surface area contributed by atoms with E-state index in [-0.39, 0.29) is 5.91 Å². The van der Waals surface area contributed by atoms with Crippen LogP contribution in [0.15, 0.2) is 36.4 Å². The molecule has 0 unspecified atom stereocenters. The summed E-state index contributed by atoms with van der Waals surface area (Å²) in [5.41, 5.74) is 10.2. The molecule has 0 radical (unpaired) electrons. The third-order valence-corrected chi connectivity index (χ3v) is 4.12. The molecule has 4 N–H and O–H groups in total. The number of benzene rings is 2. The summed E-state index contributed by atoms with van der Waals surface area (Å²) in [5, 5.41) is 6.24. The first-order valence-corrected chi connectivity index (χ1v) is 7.75. The molecular formula is C18H21N3O2. The molecule has 2 aromatic carbocycles. The Balaban J connectivity index is 1.82. The summed E-state index contributed by atoms with van der Waals surface area (Å²) in [6, 6.07) is 11.1. The number of hydrogen-bond donors (Lipinski definition) is 3. The molecular weight excluding hydrogens is 290 g/mol. The summed E-state index contributed by atoms with van der Waals surface area (Å²) in [6.45, 7) is 1.93. The lowest BCUT2D eigenvalue weighted by atomic mass is 10.00. The third kappa shape index (κ3) is 3.46. The molecule has 120 valence electrons. The molecule has 23 heavy (non-hydrogen) atoms. The highest BCUT2D eigenvalue weighted by molar-refractivity contribution is 6.06. The molecule has 1 heterocycles. The van der Waals surface area contributed by atoms with Crippen LogP contribution in [0.5, 0.6) is 5.75 Å². The lowest BCUT2D eigenvalue weighted by Gasteiger charge is -2.12. The Kier molecular flexibility index (Phi) is 4.48. The molecule has 0 saturated heterocycles. The van der Waals surface area contributed by atoms with Crippen molar-refractivity contribution in [1.29, 1.82) is 0 Å². The minimum absolute atomic E-state index is 0.162. The van der Waals surface area contributed by atoms with Crippen molar-refractivity contribution in [2.45, 2.75) is 12.8 Å². The number of ether oxygens (including phenoxy) is 1. The summed E-state index contributed by atoms with van der Waals surface area (Å²) in [7, 11) is 1.58. The van der Waals surface area contributed by atoms with Gasteiger partial charge in [0.15, 0.2) is 0 Å². The lowest BCUT2D eigenvalue weighted by molar-refractivity contribution is 0.102. The molecule has 1 amide bonds. The van der Waals surface area contributed by atoms with Gasteiger partial charge in [-0.1, -0.05) is 6.07 Å². The molecule has 5 heteroatoms. The van der Waals surface area contributed by atoms with Gasteiger partial charge in [0.2, 0.25) is 0 Å².